The Hall–Kier alpha value is -2.49. The van der Waals surface area contributed by atoms with Crippen LogP contribution >= 0.6 is 23.4 Å². The number of aromatic amines is 1. The van der Waals surface area contributed by atoms with E-state index in [4.69, 9.17) is 16.9 Å². The number of anilines is 1. The van der Waals surface area contributed by atoms with Crippen molar-refractivity contribution in [2.24, 2.45) is 0 Å². The number of carbonyl (C=O) groups excluding carboxylic acids is 1. The van der Waals surface area contributed by atoms with E-state index >= 15 is 0 Å². The summed E-state index contributed by atoms with van der Waals surface area (Å²) in [6, 6.07) is 14.4. The summed E-state index contributed by atoms with van der Waals surface area (Å²) >= 11 is 7.27. The Labute approximate surface area is 148 Å². The van der Waals surface area contributed by atoms with Crippen LogP contribution in [0.25, 0.3) is 11.0 Å². The van der Waals surface area contributed by atoms with Gasteiger partial charge in [-0.15, -0.1) is 0 Å². The van der Waals surface area contributed by atoms with Gasteiger partial charge in [-0.1, -0.05) is 35.5 Å². The molecule has 24 heavy (non-hydrogen) atoms. The highest BCUT2D eigenvalue weighted by atomic mass is 35.5. The Bertz CT molecular complexity index is 947. The number of para-hydroxylation sites is 1. The quantitative estimate of drug-likeness (QED) is 0.686. The zero-order chi connectivity index (χ0) is 17.1. The van der Waals surface area contributed by atoms with Crippen molar-refractivity contribution in [3.8, 4) is 6.07 Å². The van der Waals surface area contributed by atoms with Crippen LogP contribution in [0.3, 0.4) is 0 Å². The second-order valence-electron chi connectivity index (χ2n) is 5.11. The topological polar surface area (TPSA) is 81.6 Å². The van der Waals surface area contributed by atoms with Crippen molar-refractivity contribution in [1.29, 1.82) is 5.26 Å². The third-order valence-corrected chi connectivity index (χ3v) is 4.60. The molecule has 1 unspecified atom stereocenters. The molecular weight excluding hydrogens is 344 g/mol. The molecule has 1 heterocycles. The first kappa shape index (κ1) is 16.4. The minimum Gasteiger partial charge on any atom is -0.333 e. The molecule has 3 aromatic rings. The van der Waals surface area contributed by atoms with Crippen LogP contribution in [-0.4, -0.2) is 21.1 Å². The number of hydrogen-bond acceptors (Lipinski definition) is 4. The van der Waals surface area contributed by atoms with Gasteiger partial charge in [-0.2, -0.15) is 5.26 Å². The van der Waals surface area contributed by atoms with Gasteiger partial charge in [0, 0.05) is 5.02 Å². The van der Waals surface area contributed by atoms with Crippen molar-refractivity contribution in [3.05, 3.63) is 53.1 Å². The highest BCUT2D eigenvalue weighted by Gasteiger charge is 2.18. The van der Waals surface area contributed by atoms with E-state index in [0.29, 0.717) is 21.4 Å². The number of halogens is 1. The summed E-state index contributed by atoms with van der Waals surface area (Å²) in [4.78, 5) is 19.9. The van der Waals surface area contributed by atoms with E-state index in [2.05, 4.69) is 21.4 Å². The molecule has 3 rings (SSSR count). The summed E-state index contributed by atoms with van der Waals surface area (Å²) in [5, 5.41) is 12.7. The van der Waals surface area contributed by atoms with Crippen LogP contribution in [0.2, 0.25) is 5.02 Å². The molecule has 0 aliphatic rings. The molecule has 1 aromatic heterocycles. The number of rotatable bonds is 4. The molecule has 0 spiro atoms. The summed E-state index contributed by atoms with van der Waals surface area (Å²) in [5.41, 5.74) is 2.56. The SMILES string of the molecule is CC(Sc1nc2ccc(Cl)cc2[nH]1)C(=O)Nc1ccccc1C#N. The standard InChI is InChI=1S/C17H13ClN4OS/c1-10(16(23)20-13-5-3-2-4-11(13)9-19)24-17-21-14-7-6-12(18)8-15(14)22-17/h2-8,10H,1H3,(H,20,23)(H,21,22). The molecule has 7 heteroatoms. The number of hydrogen-bond donors (Lipinski definition) is 2. The van der Waals surface area contributed by atoms with Gasteiger partial charge in [0.05, 0.1) is 27.5 Å². The van der Waals surface area contributed by atoms with E-state index in [1.54, 1.807) is 43.3 Å². The fourth-order valence-corrected chi connectivity index (χ4v) is 3.15. The lowest BCUT2D eigenvalue weighted by Crippen LogP contribution is -2.23. The second kappa shape index (κ2) is 6.95. The molecule has 0 saturated heterocycles. The Morgan fingerprint density at radius 1 is 1.38 bits per heavy atom. The molecule has 2 N–H and O–H groups in total. The van der Waals surface area contributed by atoms with Crippen molar-refractivity contribution >= 4 is 46.0 Å². The van der Waals surface area contributed by atoms with Crippen LogP contribution in [0.1, 0.15) is 12.5 Å². The van der Waals surface area contributed by atoms with Gasteiger partial charge in [-0.05, 0) is 37.3 Å². The van der Waals surface area contributed by atoms with Crippen molar-refractivity contribution in [2.75, 3.05) is 5.32 Å². The average molecular weight is 357 g/mol. The fourth-order valence-electron chi connectivity index (χ4n) is 2.16. The summed E-state index contributed by atoms with van der Waals surface area (Å²) in [5.74, 6) is -0.193. The molecule has 1 atom stereocenters. The number of imidazole rings is 1. The van der Waals surface area contributed by atoms with Crippen molar-refractivity contribution in [2.45, 2.75) is 17.3 Å². The summed E-state index contributed by atoms with van der Waals surface area (Å²) < 4.78 is 0. The van der Waals surface area contributed by atoms with Gasteiger partial charge >= 0.3 is 0 Å². The van der Waals surface area contributed by atoms with Crippen LogP contribution in [0.15, 0.2) is 47.6 Å². The summed E-state index contributed by atoms with van der Waals surface area (Å²) in [7, 11) is 0. The first-order valence-electron chi connectivity index (χ1n) is 7.19. The third-order valence-electron chi connectivity index (χ3n) is 3.39. The average Bonchev–Trinajstić information content (AvgIpc) is 2.96. The van der Waals surface area contributed by atoms with Crippen LogP contribution in [0, 0.1) is 11.3 Å². The molecule has 0 aliphatic carbocycles. The van der Waals surface area contributed by atoms with Gasteiger partial charge in [0.1, 0.15) is 6.07 Å². The minimum atomic E-state index is -0.382. The van der Waals surface area contributed by atoms with E-state index in [1.165, 1.54) is 11.8 Å². The lowest BCUT2D eigenvalue weighted by Gasteiger charge is -2.11. The number of nitrogens with zero attached hydrogens (tertiary/aromatic N) is 2. The monoisotopic (exact) mass is 356 g/mol. The number of nitrogens with one attached hydrogen (secondary N) is 2. The van der Waals surface area contributed by atoms with E-state index in [1.807, 2.05) is 6.07 Å². The van der Waals surface area contributed by atoms with Crippen molar-refractivity contribution in [1.82, 2.24) is 9.97 Å². The minimum absolute atomic E-state index is 0.193. The van der Waals surface area contributed by atoms with E-state index in [0.717, 1.165) is 11.0 Å². The molecule has 0 saturated carbocycles. The summed E-state index contributed by atoms with van der Waals surface area (Å²) in [6.07, 6.45) is 0. The maximum Gasteiger partial charge on any atom is 0.237 e. The number of nitriles is 1. The maximum atomic E-state index is 12.4. The zero-order valence-electron chi connectivity index (χ0n) is 12.7. The number of fused-ring (bicyclic) bond motifs is 1. The summed E-state index contributed by atoms with van der Waals surface area (Å²) in [6.45, 7) is 1.79. The lowest BCUT2D eigenvalue weighted by atomic mass is 10.2. The smallest absolute Gasteiger partial charge is 0.237 e. The zero-order valence-corrected chi connectivity index (χ0v) is 14.3. The van der Waals surface area contributed by atoms with Gasteiger partial charge in [0.15, 0.2) is 5.16 Å². The molecule has 120 valence electrons. The van der Waals surface area contributed by atoms with Crippen LogP contribution < -0.4 is 5.32 Å². The van der Waals surface area contributed by atoms with Gasteiger partial charge in [-0.25, -0.2) is 4.98 Å². The number of thioether (sulfide) groups is 1. The second-order valence-corrected chi connectivity index (χ2v) is 6.88. The Balaban J connectivity index is 1.72. The number of H-pyrrole nitrogens is 1. The van der Waals surface area contributed by atoms with E-state index in [-0.39, 0.29) is 11.2 Å². The third kappa shape index (κ3) is 3.53. The predicted molar refractivity (Wildman–Crippen MR) is 96.2 cm³/mol. The van der Waals surface area contributed by atoms with E-state index in [9.17, 15) is 4.79 Å². The molecule has 0 bridgehead atoms. The van der Waals surface area contributed by atoms with Gasteiger partial charge in [-0.3, -0.25) is 4.79 Å². The Morgan fingerprint density at radius 2 is 2.17 bits per heavy atom. The van der Waals surface area contributed by atoms with Gasteiger partial charge in [0.25, 0.3) is 0 Å². The maximum absolute atomic E-state index is 12.4. The van der Waals surface area contributed by atoms with Crippen LogP contribution in [0.5, 0.6) is 0 Å². The molecule has 2 aromatic carbocycles. The number of amides is 1. The van der Waals surface area contributed by atoms with Crippen molar-refractivity contribution in [3.63, 3.8) is 0 Å². The lowest BCUT2D eigenvalue weighted by molar-refractivity contribution is -0.115. The molecular formula is C17H13ClN4OS. The van der Waals surface area contributed by atoms with Crippen molar-refractivity contribution < 1.29 is 4.79 Å². The van der Waals surface area contributed by atoms with E-state index < -0.39 is 0 Å². The largest absolute Gasteiger partial charge is 0.333 e. The molecule has 0 radical (unpaired) electrons. The molecule has 1 amide bonds. The van der Waals surface area contributed by atoms with Crippen LogP contribution in [-0.2, 0) is 4.79 Å². The van der Waals surface area contributed by atoms with Gasteiger partial charge in [0.2, 0.25) is 5.91 Å². The normalized spacial score (nSPS) is 11.9. The molecule has 0 aliphatic heterocycles. The fraction of sp³-hybridized carbons (Fsp3) is 0.118. The highest BCUT2D eigenvalue weighted by Crippen LogP contribution is 2.26. The molecule has 0 fully saturated rings. The van der Waals surface area contributed by atoms with Crippen LogP contribution in [0.4, 0.5) is 5.69 Å². The van der Waals surface area contributed by atoms with Gasteiger partial charge < -0.3 is 10.3 Å². The first-order chi connectivity index (χ1) is 11.6. The predicted octanol–water partition coefficient (Wildman–Crippen LogP) is 4.21. The Morgan fingerprint density at radius 3 is 2.96 bits per heavy atom. The highest BCUT2D eigenvalue weighted by molar-refractivity contribution is 8.00. The molecule has 5 nitrogen and oxygen atoms in total. The number of aromatic nitrogens is 2. The number of benzene rings is 2. The Kier molecular flexibility index (Phi) is 4.74. The number of carbonyl (C=O) groups is 1. The first-order valence-corrected chi connectivity index (χ1v) is 8.44.